The van der Waals surface area contributed by atoms with E-state index in [1.54, 1.807) is 31.5 Å². The number of amides is 2. The zero-order valence-corrected chi connectivity index (χ0v) is 24.7. The summed E-state index contributed by atoms with van der Waals surface area (Å²) in [7, 11) is 1.81. The van der Waals surface area contributed by atoms with E-state index in [1.165, 1.54) is 23.1 Å². The monoisotopic (exact) mass is 569 g/mol. The third-order valence-electron chi connectivity index (χ3n) is 6.89. The molecule has 2 aromatic heterocycles. The van der Waals surface area contributed by atoms with Gasteiger partial charge in [-0.25, -0.2) is 4.79 Å². The lowest BCUT2D eigenvalue weighted by Gasteiger charge is -2.12. The van der Waals surface area contributed by atoms with Crippen LogP contribution < -0.4 is 10.6 Å². The van der Waals surface area contributed by atoms with Gasteiger partial charge in [0.05, 0.1) is 24.0 Å². The number of carbonyl (C=O) groups excluding carboxylic acids is 3. The van der Waals surface area contributed by atoms with Gasteiger partial charge in [0.1, 0.15) is 5.00 Å². The lowest BCUT2D eigenvalue weighted by atomic mass is 10.1. The van der Waals surface area contributed by atoms with Crippen molar-refractivity contribution in [2.45, 2.75) is 76.8 Å². The van der Waals surface area contributed by atoms with E-state index in [2.05, 4.69) is 20.8 Å². The van der Waals surface area contributed by atoms with E-state index in [-0.39, 0.29) is 30.9 Å². The van der Waals surface area contributed by atoms with Gasteiger partial charge in [0.2, 0.25) is 5.91 Å². The van der Waals surface area contributed by atoms with Crippen LogP contribution in [-0.4, -0.2) is 44.4 Å². The summed E-state index contributed by atoms with van der Waals surface area (Å²) in [5.41, 5.74) is 4.30. The van der Waals surface area contributed by atoms with E-state index in [4.69, 9.17) is 4.74 Å². The summed E-state index contributed by atoms with van der Waals surface area (Å²) < 4.78 is 7.10. The number of hydrogen-bond donors (Lipinski definition) is 2. The van der Waals surface area contributed by atoms with Crippen molar-refractivity contribution in [1.29, 1.82) is 0 Å². The van der Waals surface area contributed by atoms with E-state index in [9.17, 15) is 14.4 Å². The minimum atomic E-state index is -0.497. The van der Waals surface area contributed by atoms with Gasteiger partial charge in [-0.2, -0.15) is 0 Å². The van der Waals surface area contributed by atoms with Crippen LogP contribution >= 0.6 is 23.1 Å². The molecule has 3 aromatic rings. The molecular formula is C28H35N5O4S2. The highest BCUT2D eigenvalue weighted by Gasteiger charge is 2.28. The second kappa shape index (κ2) is 12.8. The number of thioether (sulfide) groups is 1. The molecule has 2 amide bonds. The molecule has 0 bridgehead atoms. The van der Waals surface area contributed by atoms with Crippen LogP contribution in [0.2, 0.25) is 0 Å². The van der Waals surface area contributed by atoms with Gasteiger partial charge in [0.25, 0.3) is 5.91 Å². The minimum absolute atomic E-state index is 0.185. The lowest BCUT2D eigenvalue weighted by Crippen LogP contribution is -2.25. The fraction of sp³-hybridized carbons (Fsp3) is 0.464. The molecule has 11 heteroatoms. The maximum Gasteiger partial charge on any atom is 0.341 e. The number of benzene rings is 1. The first kappa shape index (κ1) is 28.8. The van der Waals surface area contributed by atoms with Crippen LogP contribution in [0.3, 0.4) is 0 Å². The Balaban J connectivity index is 1.41. The molecule has 1 atom stereocenters. The van der Waals surface area contributed by atoms with Crippen LogP contribution in [0.5, 0.6) is 0 Å². The predicted molar refractivity (Wildman–Crippen MR) is 154 cm³/mol. The van der Waals surface area contributed by atoms with Crippen molar-refractivity contribution >= 4 is 45.9 Å². The molecule has 2 N–H and O–H groups in total. The summed E-state index contributed by atoms with van der Waals surface area (Å²) in [4.78, 5) is 39.7. The second-order valence-corrected chi connectivity index (χ2v) is 12.1. The molecule has 9 nitrogen and oxygen atoms in total. The highest BCUT2D eigenvalue weighted by molar-refractivity contribution is 8.00. The normalized spacial score (nSPS) is 13.8. The number of nitrogens with one attached hydrogen (secondary N) is 2. The van der Waals surface area contributed by atoms with Gasteiger partial charge in [-0.15, -0.1) is 21.5 Å². The van der Waals surface area contributed by atoms with Crippen LogP contribution in [-0.2, 0) is 36.0 Å². The van der Waals surface area contributed by atoms with Gasteiger partial charge in [0, 0.05) is 17.5 Å². The largest absolute Gasteiger partial charge is 0.462 e. The molecule has 0 saturated carbocycles. The van der Waals surface area contributed by atoms with Gasteiger partial charge in [-0.3, -0.25) is 9.59 Å². The summed E-state index contributed by atoms with van der Waals surface area (Å²) in [5.74, 6) is -0.216. The lowest BCUT2D eigenvalue weighted by molar-refractivity contribution is -0.115. The fourth-order valence-corrected chi connectivity index (χ4v) is 6.53. The highest BCUT2D eigenvalue weighted by atomic mass is 32.2. The van der Waals surface area contributed by atoms with Crippen LogP contribution in [0.4, 0.5) is 5.00 Å². The Morgan fingerprint density at radius 3 is 2.64 bits per heavy atom. The minimum Gasteiger partial charge on any atom is -0.462 e. The van der Waals surface area contributed by atoms with E-state index in [1.807, 2.05) is 26.0 Å². The third kappa shape index (κ3) is 6.70. The predicted octanol–water partition coefficient (Wildman–Crippen LogP) is 4.99. The molecule has 1 unspecified atom stereocenters. The van der Waals surface area contributed by atoms with Gasteiger partial charge >= 0.3 is 5.97 Å². The number of hydrogen-bond acceptors (Lipinski definition) is 8. The first-order valence-electron chi connectivity index (χ1n) is 13.2. The SMILES string of the molecule is CCOC(=O)c1c(NC(=O)C(C)Sc2nnc(CNC(=O)c3ccc(C)c(C)c3)n2C)sc2c1CCCCC2. The molecule has 1 aliphatic rings. The highest BCUT2D eigenvalue weighted by Crippen LogP contribution is 2.38. The van der Waals surface area contributed by atoms with Crippen LogP contribution in [0, 0.1) is 13.8 Å². The maximum absolute atomic E-state index is 13.2. The van der Waals surface area contributed by atoms with E-state index in [0.29, 0.717) is 27.1 Å². The van der Waals surface area contributed by atoms with Crippen molar-refractivity contribution < 1.29 is 19.1 Å². The molecule has 208 valence electrons. The Labute approximate surface area is 237 Å². The molecule has 2 heterocycles. The van der Waals surface area contributed by atoms with Gasteiger partial charge < -0.3 is 19.9 Å². The number of carbonyl (C=O) groups is 3. The molecule has 0 spiro atoms. The average Bonchev–Trinajstić information content (AvgIpc) is 3.33. The van der Waals surface area contributed by atoms with Crippen LogP contribution in [0.25, 0.3) is 0 Å². The Kier molecular flexibility index (Phi) is 9.45. The molecule has 4 rings (SSSR count). The molecule has 0 saturated heterocycles. The zero-order chi connectivity index (χ0) is 28.1. The number of nitrogens with zero attached hydrogens (tertiary/aromatic N) is 3. The molecular weight excluding hydrogens is 534 g/mol. The Hall–Kier alpha value is -3.18. The summed E-state index contributed by atoms with van der Waals surface area (Å²) in [6.07, 6.45) is 4.97. The number of thiophene rings is 1. The Bertz CT molecular complexity index is 1380. The summed E-state index contributed by atoms with van der Waals surface area (Å²) in [5, 5.41) is 14.9. The Morgan fingerprint density at radius 2 is 1.90 bits per heavy atom. The molecule has 1 aliphatic carbocycles. The fourth-order valence-electron chi connectivity index (χ4n) is 4.42. The number of esters is 1. The van der Waals surface area contributed by atoms with Crippen LogP contribution in [0.15, 0.2) is 23.4 Å². The second-order valence-electron chi connectivity index (χ2n) is 9.68. The quantitative estimate of drug-likeness (QED) is 0.212. The summed E-state index contributed by atoms with van der Waals surface area (Å²) >= 11 is 2.75. The molecule has 1 aromatic carbocycles. The standard InChI is InChI=1S/C28H35N5O4S2/c1-6-37-27(36)23-20-10-8-7-9-11-21(20)39-26(23)30-24(34)18(4)38-28-32-31-22(33(28)5)15-29-25(35)19-13-12-16(2)17(3)14-19/h12-14,18H,6-11,15H2,1-5H3,(H,29,35)(H,30,34). The van der Waals surface area contributed by atoms with Crippen molar-refractivity contribution in [1.82, 2.24) is 20.1 Å². The number of aryl methyl sites for hydroxylation is 3. The molecule has 0 radical (unpaired) electrons. The first-order valence-corrected chi connectivity index (χ1v) is 14.9. The van der Waals surface area contributed by atoms with Crippen molar-refractivity contribution in [2.24, 2.45) is 7.05 Å². The smallest absolute Gasteiger partial charge is 0.341 e. The summed E-state index contributed by atoms with van der Waals surface area (Å²) in [6.45, 7) is 8.04. The van der Waals surface area contributed by atoms with Gasteiger partial charge in [-0.05, 0) is 82.2 Å². The van der Waals surface area contributed by atoms with E-state index >= 15 is 0 Å². The van der Waals surface area contributed by atoms with Crippen molar-refractivity contribution in [3.63, 3.8) is 0 Å². The number of ether oxygens (including phenoxy) is 1. The van der Waals surface area contributed by atoms with E-state index < -0.39 is 5.25 Å². The molecule has 0 fully saturated rings. The average molecular weight is 570 g/mol. The van der Waals surface area contributed by atoms with Gasteiger partial charge in [0.15, 0.2) is 11.0 Å². The number of anilines is 1. The van der Waals surface area contributed by atoms with E-state index in [0.717, 1.165) is 53.7 Å². The summed E-state index contributed by atoms with van der Waals surface area (Å²) in [6, 6.07) is 5.59. The number of rotatable bonds is 9. The zero-order valence-electron chi connectivity index (χ0n) is 23.1. The van der Waals surface area contributed by atoms with Gasteiger partial charge in [-0.1, -0.05) is 24.2 Å². The maximum atomic E-state index is 13.2. The van der Waals surface area contributed by atoms with Crippen molar-refractivity contribution in [3.8, 4) is 0 Å². The topological polar surface area (TPSA) is 115 Å². The van der Waals surface area contributed by atoms with Crippen molar-refractivity contribution in [2.75, 3.05) is 11.9 Å². The van der Waals surface area contributed by atoms with Crippen molar-refractivity contribution in [3.05, 3.63) is 56.7 Å². The first-order chi connectivity index (χ1) is 18.7. The molecule has 39 heavy (non-hydrogen) atoms. The third-order valence-corrected chi connectivity index (χ3v) is 9.23. The Morgan fingerprint density at radius 1 is 1.13 bits per heavy atom. The van der Waals surface area contributed by atoms with Crippen LogP contribution in [0.1, 0.15) is 81.2 Å². The molecule has 0 aliphatic heterocycles. The number of fused-ring (bicyclic) bond motifs is 1. The number of aromatic nitrogens is 3.